The van der Waals surface area contributed by atoms with E-state index in [4.69, 9.17) is 9.72 Å². The van der Waals surface area contributed by atoms with Crippen LogP contribution in [-0.4, -0.2) is 22.1 Å². The highest BCUT2D eigenvalue weighted by Gasteiger charge is 2.16. The van der Waals surface area contributed by atoms with Gasteiger partial charge in [-0.25, -0.2) is 4.98 Å². The fourth-order valence-electron chi connectivity index (χ4n) is 3.54. The SMILES string of the molecule is CC(=O)NC(C)c1nc2ccccc2n1CCCCOc1ccc(C(C)C)cc1. The van der Waals surface area contributed by atoms with E-state index in [1.165, 1.54) is 12.5 Å². The first-order chi connectivity index (χ1) is 14.0. The predicted molar refractivity (Wildman–Crippen MR) is 117 cm³/mol. The van der Waals surface area contributed by atoms with Gasteiger partial charge in [0, 0.05) is 13.5 Å². The van der Waals surface area contributed by atoms with E-state index in [2.05, 4.69) is 41.9 Å². The highest BCUT2D eigenvalue weighted by atomic mass is 16.5. The van der Waals surface area contributed by atoms with Crippen LogP contribution >= 0.6 is 0 Å². The Bertz CT molecular complexity index is 944. The van der Waals surface area contributed by atoms with Gasteiger partial charge in [0.05, 0.1) is 23.7 Å². The highest BCUT2D eigenvalue weighted by molar-refractivity contribution is 5.77. The van der Waals surface area contributed by atoms with E-state index >= 15 is 0 Å². The number of nitrogens with zero attached hydrogens (tertiary/aromatic N) is 2. The normalized spacial score (nSPS) is 12.3. The van der Waals surface area contributed by atoms with Gasteiger partial charge in [-0.1, -0.05) is 38.1 Å². The lowest BCUT2D eigenvalue weighted by atomic mass is 10.0. The maximum atomic E-state index is 11.5. The zero-order chi connectivity index (χ0) is 20.8. The van der Waals surface area contributed by atoms with Gasteiger partial charge in [-0.2, -0.15) is 0 Å². The zero-order valence-corrected chi connectivity index (χ0v) is 17.8. The van der Waals surface area contributed by atoms with Crippen molar-refractivity contribution >= 4 is 16.9 Å². The highest BCUT2D eigenvalue weighted by Crippen LogP contribution is 2.22. The molecule has 5 heteroatoms. The van der Waals surface area contributed by atoms with Gasteiger partial charge < -0.3 is 14.6 Å². The summed E-state index contributed by atoms with van der Waals surface area (Å²) in [6, 6.07) is 16.3. The summed E-state index contributed by atoms with van der Waals surface area (Å²) in [5, 5.41) is 2.95. The molecule has 1 amide bonds. The summed E-state index contributed by atoms with van der Waals surface area (Å²) >= 11 is 0. The standard InChI is InChI=1S/C24H31N3O2/c1-17(2)20-11-13-21(14-12-20)29-16-8-7-15-27-23-10-6-5-9-22(23)26-24(27)18(3)25-19(4)28/h5-6,9-14,17-18H,7-8,15-16H2,1-4H3,(H,25,28). The maximum absolute atomic E-state index is 11.5. The second-order valence-electron chi connectivity index (χ2n) is 7.81. The van der Waals surface area contributed by atoms with E-state index in [1.807, 2.05) is 37.3 Å². The monoisotopic (exact) mass is 393 g/mol. The molecule has 0 aliphatic carbocycles. The number of aryl methyl sites for hydroxylation is 1. The number of imidazole rings is 1. The molecule has 0 saturated carbocycles. The summed E-state index contributed by atoms with van der Waals surface area (Å²) in [5.74, 6) is 2.30. The summed E-state index contributed by atoms with van der Waals surface area (Å²) in [4.78, 5) is 16.2. The minimum atomic E-state index is -0.129. The van der Waals surface area contributed by atoms with E-state index in [9.17, 15) is 4.79 Å². The molecule has 0 aliphatic heterocycles. The molecule has 5 nitrogen and oxygen atoms in total. The number of carbonyl (C=O) groups is 1. The van der Waals surface area contributed by atoms with Gasteiger partial charge in [-0.05, 0) is 55.5 Å². The number of hydrogen-bond acceptors (Lipinski definition) is 3. The number of fused-ring (bicyclic) bond motifs is 1. The molecule has 0 fully saturated rings. The zero-order valence-electron chi connectivity index (χ0n) is 17.8. The summed E-state index contributed by atoms with van der Waals surface area (Å²) in [7, 11) is 0. The van der Waals surface area contributed by atoms with Crippen molar-refractivity contribution in [2.24, 2.45) is 0 Å². The molecule has 1 aromatic heterocycles. The largest absolute Gasteiger partial charge is 0.494 e. The van der Waals surface area contributed by atoms with E-state index in [0.29, 0.717) is 12.5 Å². The third kappa shape index (κ3) is 5.37. The van der Waals surface area contributed by atoms with Crippen molar-refractivity contribution in [1.82, 2.24) is 14.9 Å². The third-order valence-corrected chi connectivity index (χ3v) is 5.08. The van der Waals surface area contributed by atoms with Crippen molar-refractivity contribution in [3.8, 4) is 5.75 Å². The first-order valence-electron chi connectivity index (χ1n) is 10.4. The summed E-state index contributed by atoms with van der Waals surface area (Å²) in [5.41, 5.74) is 3.39. The fraction of sp³-hybridized carbons (Fsp3) is 0.417. The number of aromatic nitrogens is 2. The number of carbonyl (C=O) groups excluding carboxylic acids is 1. The molecule has 0 saturated heterocycles. The van der Waals surface area contributed by atoms with E-state index < -0.39 is 0 Å². The minimum absolute atomic E-state index is 0.0482. The molecule has 0 radical (unpaired) electrons. The number of rotatable bonds is 9. The lowest BCUT2D eigenvalue weighted by Crippen LogP contribution is -2.26. The van der Waals surface area contributed by atoms with Crippen LogP contribution in [0.2, 0.25) is 0 Å². The molecule has 1 unspecified atom stereocenters. The summed E-state index contributed by atoms with van der Waals surface area (Å²) in [6.45, 7) is 9.42. The van der Waals surface area contributed by atoms with Crippen molar-refractivity contribution < 1.29 is 9.53 Å². The second-order valence-corrected chi connectivity index (χ2v) is 7.81. The van der Waals surface area contributed by atoms with Crippen LogP contribution in [0.3, 0.4) is 0 Å². The van der Waals surface area contributed by atoms with Crippen LogP contribution in [-0.2, 0) is 11.3 Å². The average molecular weight is 394 g/mol. The van der Waals surface area contributed by atoms with Crippen LogP contribution in [0.4, 0.5) is 0 Å². The van der Waals surface area contributed by atoms with E-state index in [0.717, 1.165) is 42.0 Å². The van der Waals surface area contributed by atoms with Gasteiger partial charge in [-0.3, -0.25) is 4.79 Å². The molecule has 1 atom stereocenters. The van der Waals surface area contributed by atoms with Gasteiger partial charge >= 0.3 is 0 Å². The molecule has 154 valence electrons. The Kier molecular flexibility index (Phi) is 6.91. The van der Waals surface area contributed by atoms with Gasteiger partial charge in [0.25, 0.3) is 0 Å². The molecule has 0 aliphatic rings. The number of benzene rings is 2. The second kappa shape index (κ2) is 9.59. The Labute approximate surface area is 173 Å². The Morgan fingerprint density at radius 2 is 1.79 bits per heavy atom. The van der Waals surface area contributed by atoms with Crippen LogP contribution in [0.1, 0.15) is 63.9 Å². The smallest absolute Gasteiger partial charge is 0.217 e. The van der Waals surface area contributed by atoms with Crippen molar-refractivity contribution in [3.05, 3.63) is 59.9 Å². The van der Waals surface area contributed by atoms with Crippen LogP contribution in [0, 0.1) is 0 Å². The quantitative estimate of drug-likeness (QED) is 0.507. The maximum Gasteiger partial charge on any atom is 0.217 e. The Morgan fingerprint density at radius 1 is 1.07 bits per heavy atom. The Balaban J connectivity index is 1.59. The first kappa shape index (κ1) is 20.9. The molecule has 3 rings (SSSR count). The van der Waals surface area contributed by atoms with Gasteiger partial charge in [0.1, 0.15) is 11.6 Å². The Hall–Kier alpha value is -2.82. The third-order valence-electron chi connectivity index (χ3n) is 5.08. The number of ether oxygens (including phenoxy) is 1. The van der Waals surface area contributed by atoms with Crippen molar-refractivity contribution in [2.75, 3.05) is 6.61 Å². The molecule has 2 aromatic carbocycles. The number of hydrogen-bond donors (Lipinski definition) is 1. The molecule has 29 heavy (non-hydrogen) atoms. The van der Waals surface area contributed by atoms with Crippen LogP contribution in [0.5, 0.6) is 5.75 Å². The topological polar surface area (TPSA) is 56.2 Å². The molecular weight excluding hydrogens is 362 g/mol. The van der Waals surface area contributed by atoms with Gasteiger partial charge in [0.2, 0.25) is 5.91 Å². The number of nitrogens with one attached hydrogen (secondary N) is 1. The molecule has 0 spiro atoms. The van der Waals surface area contributed by atoms with Crippen LogP contribution < -0.4 is 10.1 Å². The lowest BCUT2D eigenvalue weighted by Gasteiger charge is -2.15. The number of para-hydroxylation sites is 2. The molecular formula is C24H31N3O2. The number of unbranched alkanes of at least 4 members (excludes halogenated alkanes) is 1. The Morgan fingerprint density at radius 3 is 2.48 bits per heavy atom. The first-order valence-corrected chi connectivity index (χ1v) is 10.4. The van der Waals surface area contributed by atoms with Crippen molar-refractivity contribution in [1.29, 1.82) is 0 Å². The number of amides is 1. The van der Waals surface area contributed by atoms with Crippen molar-refractivity contribution in [3.63, 3.8) is 0 Å². The summed E-state index contributed by atoms with van der Waals surface area (Å²) < 4.78 is 8.11. The fourth-order valence-corrected chi connectivity index (χ4v) is 3.54. The van der Waals surface area contributed by atoms with E-state index in [-0.39, 0.29) is 11.9 Å². The molecule has 1 N–H and O–H groups in total. The molecule has 0 bridgehead atoms. The van der Waals surface area contributed by atoms with Crippen LogP contribution in [0.25, 0.3) is 11.0 Å². The summed E-state index contributed by atoms with van der Waals surface area (Å²) in [6.07, 6.45) is 1.93. The lowest BCUT2D eigenvalue weighted by molar-refractivity contribution is -0.119. The molecule has 1 heterocycles. The molecule has 3 aromatic rings. The predicted octanol–water partition coefficient (Wildman–Crippen LogP) is 5.22. The van der Waals surface area contributed by atoms with Crippen LogP contribution in [0.15, 0.2) is 48.5 Å². The van der Waals surface area contributed by atoms with Crippen molar-refractivity contribution in [2.45, 2.75) is 59.0 Å². The minimum Gasteiger partial charge on any atom is -0.494 e. The van der Waals surface area contributed by atoms with Gasteiger partial charge in [0.15, 0.2) is 0 Å². The van der Waals surface area contributed by atoms with E-state index in [1.54, 1.807) is 0 Å². The van der Waals surface area contributed by atoms with Gasteiger partial charge in [-0.15, -0.1) is 0 Å². The average Bonchev–Trinajstić information content (AvgIpc) is 3.06.